The molecule has 0 aromatic heterocycles. The van der Waals surface area contributed by atoms with Crippen LogP contribution in [0.15, 0.2) is 24.3 Å². The van der Waals surface area contributed by atoms with Crippen LogP contribution in [0, 0.1) is 17.2 Å². The Hall–Kier alpha value is -1.66. The summed E-state index contributed by atoms with van der Waals surface area (Å²) in [6, 6.07) is 9.99. The highest BCUT2D eigenvalue weighted by molar-refractivity contribution is 5.97. The van der Waals surface area contributed by atoms with Crippen molar-refractivity contribution in [2.75, 3.05) is 19.6 Å². The molecule has 0 spiro atoms. The van der Waals surface area contributed by atoms with Crippen molar-refractivity contribution < 1.29 is 4.79 Å². The molecule has 1 aromatic carbocycles. The van der Waals surface area contributed by atoms with Crippen LogP contribution in [0.25, 0.3) is 0 Å². The monoisotopic (exact) mass is 258 g/mol. The van der Waals surface area contributed by atoms with Gasteiger partial charge in [0.1, 0.15) is 0 Å². The fraction of sp³-hybridized carbons (Fsp3) is 0.500. The summed E-state index contributed by atoms with van der Waals surface area (Å²) < 4.78 is 0. The van der Waals surface area contributed by atoms with Gasteiger partial charge in [-0.25, -0.2) is 0 Å². The second-order valence-corrected chi connectivity index (χ2v) is 4.83. The second kappa shape index (κ2) is 7.70. The number of likely N-dealkylation sites (N-methyl/N-ethyl adjacent to an activating group) is 1. The van der Waals surface area contributed by atoms with Crippen molar-refractivity contribution in [2.45, 2.75) is 27.2 Å². The molecule has 0 aliphatic heterocycles. The molecule has 0 saturated heterocycles. The third-order valence-corrected chi connectivity index (χ3v) is 3.25. The molecule has 19 heavy (non-hydrogen) atoms. The van der Waals surface area contributed by atoms with E-state index in [0.29, 0.717) is 13.1 Å². The summed E-state index contributed by atoms with van der Waals surface area (Å²) in [5.74, 6) is 0.0739. The van der Waals surface area contributed by atoms with E-state index >= 15 is 0 Å². The first kappa shape index (κ1) is 15.4. The van der Waals surface area contributed by atoms with Crippen molar-refractivity contribution in [3.63, 3.8) is 0 Å². The van der Waals surface area contributed by atoms with Crippen LogP contribution in [0.1, 0.15) is 36.7 Å². The molecule has 0 radical (unpaired) electrons. The first-order chi connectivity index (χ1) is 9.10. The molecule has 0 N–H and O–H groups in total. The number of nitriles is 1. The van der Waals surface area contributed by atoms with Gasteiger partial charge >= 0.3 is 0 Å². The molecule has 1 aromatic rings. The summed E-state index contributed by atoms with van der Waals surface area (Å²) in [5, 5.41) is 8.83. The quantitative estimate of drug-likeness (QED) is 0.706. The Morgan fingerprint density at radius 2 is 1.95 bits per heavy atom. The van der Waals surface area contributed by atoms with Crippen LogP contribution in [0.3, 0.4) is 0 Å². The van der Waals surface area contributed by atoms with Gasteiger partial charge in [-0.2, -0.15) is 5.26 Å². The van der Waals surface area contributed by atoms with E-state index in [4.69, 9.17) is 5.26 Å². The number of hydrogen-bond acceptors (Lipinski definition) is 3. The minimum atomic E-state index is -0.0461. The van der Waals surface area contributed by atoms with E-state index in [9.17, 15) is 4.79 Å². The Labute approximate surface area is 115 Å². The van der Waals surface area contributed by atoms with Crippen molar-refractivity contribution >= 4 is 5.78 Å². The number of carbonyl (C=O) groups excluding carboxylic acids is 1. The maximum Gasteiger partial charge on any atom is 0.176 e. The summed E-state index contributed by atoms with van der Waals surface area (Å²) in [4.78, 5) is 14.2. The third kappa shape index (κ3) is 4.84. The molecule has 3 heteroatoms. The molecule has 1 rings (SSSR count). The Morgan fingerprint density at radius 1 is 1.32 bits per heavy atom. The SMILES string of the molecule is CCc1ccc(C(=O)CN(CC)CC(C)C#N)cc1. The van der Waals surface area contributed by atoms with Crippen molar-refractivity contribution in [2.24, 2.45) is 5.92 Å². The fourth-order valence-corrected chi connectivity index (χ4v) is 1.95. The molecule has 0 fully saturated rings. The van der Waals surface area contributed by atoms with E-state index in [-0.39, 0.29) is 11.7 Å². The smallest absolute Gasteiger partial charge is 0.176 e. The van der Waals surface area contributed by atoms with Gasteiger partial charge in [-0.1, -0.05) is 38.1 Å². The average Bonchev–Trinajstić information content (AvgIpc) is 2.46. The van der Waals surface area contributed by atoms with Crippen LogP contribution in [0.2, 0.25) is 0 Å². The summed E-state index contributed by atoms with van der Waals surface area (Å²) in [6.07, 6.45) is 0.981. The molecular formula is C16H22N2O. The lowest BCUT2D eigenvalue weighted by molar-refractivity contribution is 0.0929. The van der Waals surface area contributed by atoms with Crippen LogP contribution in [0.4, 0.5) is 0 Å². The largest absolute Gasteiger partial charge is 0.295 e. The van der Waals surface area contributed by atoms with E-state index in [1.165, 1.54) is 5.56 Å². The average molecular weight is 258 g/mol. The molecule has 0 aliphatic rings. The Balaban J connectivity index is 2.63. The standard InChI is InChI=1S/C16H22N2O/c1-4-14-6-8-15(9-7-14)16(19)12-18(5-2)11-13(3)10-17/h6-9,13H,4-5,11-12H2,1-3H3. The Morgan fingerprint density at radius 3 is 2.42 bits per heavy atom. The van der Waals surface area contributed by atoms with Crippen molar-refractivity contribution in [1.29, 1.82) is 5.26 Å². The van der Waals surface area contributed by atoms with Crippen LogP contribution >= 0.6 is 0 Å². The van der Waals surface area contributed by atoms with Gasteiger partial charge in [0.15, 0.2) is 5.78 Å². The first-order valence-corrected chi connectivity index (χ1v) is 6.84. The molecule has 0 saturated carbocycles. The maximum absolute atomic E-state index is 12.2. The van der Waals surface area contributed by atoms with Gasteiger partial charge in [0.2, 0.25) is 0 Å². The van der Waals surface area contributed by atoms with Crippen LogP contribution < -0.4 is 0 Å². The van der Waals surface area contributed by atoms with Crippen molar-refractivity contribution in [1.82, 2.24) is 4.90 Å². The highest BCUT2D eigenvalue weighted by Gasteiger charge is 2.13. The van der Waals surface area contributed by atoms with Gasteiger partial charge in [-0.05, 0) is 25.5 Å². The zero-order chi connectivity index (χ0) is 14.3. The normalized spacial score (nSPS) is 12.2. The number of Topliss-reactive ketones (excluding diaryl/α,β-unsaturated/α-hetero) is 1. The van der Waals surface area contributed by atoms with E-state index < -0.39 is 0 Å². The molecular weight excluding hydrogens is 236 g/mol. The first-order valence-electron chi connectivity index (χ1n) is 6.84. The van der Waals surface area contributed by atoms with Gasteiger partial charge in [0.25, 0.3) is 0 Å². The zero-order valence-corrected chi connectivity index (χ0v) is 12.0. The van der Waals surface area contributed by atoms with Crippen molar-refractivity contribution in [3.8, 4) is 6.07 Å². The number of benzene rings is 1. The summed E-state index contributed by atoms with van der Waals surface area (Å²) in [7, 11) is 0. The van der Waals surface area contributed by atoms with Gasteiger partial charge in [0, 0.05) is 12.1 Å². The van der Waals surface area contributed by atoms with E-state index in [1.807, 2.05) is 43.0 Å². The molecule has 3 nitrogen and oxygen atoms in total. The number of carbonyl (C=O) groups is 1. The predicted molar refractivity (Wildman–Crippen MR) is 77.0 cm³/mol. The number of ketones is 1. The number of aryl methyl sites for hydroxylation is 1. The highest BCUT2D eigenvalue weighted by atomic mass is 16.1. The highest BCUT2D eigenvalue weighted by Crippen LogP contribution is 2.07. The molecule has 102 valence electrons. The molecule has 0 amide bonds. The lowest BCUT2D eigenvalue weighted by Crippen LogP contribution is -2.33. The minimum absolute atomic E-state index is 0.0461. The minimum Gasteiger partial charge on any atom is -0.295 e. The zero-order valence-electron chi connectivity index (χ0n) is 12.0. The lowest BCUT2D eigenvalue weighted by Gasteiger charge is -2.20. The van der Waals surface area contributed by atoms with Crippen LogP contribution in [-0.2, 0) is 6.42 Å². The fourth-order valence-electron chi connectivity index (χ4n) is 1.95. The number of rotatable bonds is 7. The van der Waals surface area contributed by atoms with E-state index in [2.05, 4.69) is 13.0 Å². The molecule has 1 atom stereocenters. The van der Waals surface area contributed by atoms with Gasteiger partial charge in [-0.15, -0.1) is 0 Å². The Kier molecular flexibility index (Phi) is 6.24. The second-order valence-electron chi connectivity index (χ2n) is 4.83. The Bertz CT molecular complexity index is 445. The maximum atomic E-state index is 12.2. The summed E-state index contributed by atoms with van der Waals surface area (Å²) in [6.45, 7) is 7.80. The molecule has 0 heterocycles. The van der Waals surface area contributed by atoms with Gasteiger partial charge in [0.05, 0.1) is 18.5 Å². The topological polar surface area (TPSA) is 44.1 Å². The summed E-state index contributed by atoms with van der Waals surface area (Å²) >= 11 is 0. The van der Waals surface area contributed by atoms with Gasteiger partial charge < -0.3 is 0 Å². The number of nitrogens with zero attached hydrogens (tertiary/aromatic N) is 2. The van der Waals surface area contributed by atoms with Gasteiger partial charge in [-0.3, -0.25) is 9.69 Å². The third-order valence-electron chi connectivity index (χ3n) is 3.25. The van der Waals surface area contributed by atoms with Crippen LogP contribution in [0.5, 0.6) is 0 Å². The molecule has 1 unspecified atom stereocenters. The predicted octanol–water partition coefficient (Wildman–Crippen LogP) is 2.91. The van der Waals surface area contributed by atoms with E-state index in [1.54, 1.807) is 0 Å². The van der Waals surface area contributed by atoms with Crippen LogP contribution in [-0.4, -0.2) is 30.3 Å². The number of hydrogen-bond donors (Lipinski definition) is 0. The van der Waals surface area contributed by atoms with Crippen molar-refractivity contribution in [3.05, 3.63) is 35.4 Å². The summed E-state index contributed by atoms with van der Waals surface area (Å²) in [5.41, 5.74) is 1.99. The lowest BCUT2D eigenvalue weighted by atomic mass is 10.1. The molecule has 0 aliphatic carbocycles. The van der Waals surface area contributed by atoms with E-state index in [0.717, 1.165) is 18.5 Å². The molecule has 0 bridgehead atoms.